The van der Waals surface area contributed by atoms with Gasteiger partial charge < -0.3 is 4.90 Å². The Morgan fingerprint density at radius 3 is 2.44 bits per heavy atom. The Morgan fingerprint density at radius 2 is 1.81 bits per heavy atom. The van der Waals surface area contributed by atoms with Crippen LogP contribution in [-0.2, 0) is 17.8 Å². The van der Waals surface area contributed by atoms with Gasteiger partial charge in [0.25, 0.3) is 0 Å². The van der Waals surface area contributed by atoms with Gasteiger partial charge in [0.15, 0.2) is 0 Å². The third-order valence-electron chi connectivity index (χ3n) is 6.07. The van der Waals surface area contributed by atoms with Crippen molar-refractivity contribution in [3.63, 3.8) is 0 Å². The van der Waals surface area contributed by atoms with Crippen molar-refractivity contribution in [3.05, 3.63) is 34.4 Å². The van der Waals surface area contributed by atoms with Crippen molar-refractivity contribution >= 4 is 11.5 Å². The maximum atomic E-state index is 13.1. The van der Waals surface area contributed by atoms with Gasteiger partial charge in [-0.25, -0.2) is 0 Å². The highest BCUT2D eigenvalue weighted by molar-refractivity contribution is 6.13. The molecule has 0 aromatic heterocycles. The molecule has 1 fully saturated rings. The van der Waals surface area contributed by atoms with Crippen molar-refractivity contribution in [2.75, 3.05) is 14.1 Å². The lowest BCUT2D eigenvalue weighted by atomic mass is 9.82. The van der Waals surface area contributed by atoms with Crippen LogP contribution >= 0.6 is 0 Å². The molecule has 0 unspecified atom stereocenters. The summed E-state index contributed by atoms with van der Waals surface area (Å²) in [6.45, 7) is 7.50. The summed E-state index contributed by atoms with van der Waals surface area (Å²) >= 11 is 0. The number of aryl methyl sites for hydroxylation is 1. The lowest BCUT2D eigenvalue weighted by Crippen LogP contribution is -2.31. The molecule has 0 bridgehead atoms. The molecule has 3 rings (SSSR count). The molecule has 3 heteroatoms. The molecule has 0 radical (unpaired) electrons. The van der Waals surface area contributed by atoms with Gasteiger partial charge in [-0.3, -0.25) is 9.79 Å². The fourth-order valence-electron chi connectivity index (χ4n) is 4.72. The Kier molecular flexibility index (Phi) is 6.20. The van der Waals surface area contributed by atoms with E-state index in [9.17, 15) is 4.79 Å². The summed E-state index contributed by atoms with van der Waals surface area (Å²) < 4.78 is 0. The highest BCUT2D eigenvalue weighted by atomic mass is 16.1. The first-order chi connectivity index (χ1) is 12.7. The van der Waals surface area contributed by atoms with Crippen molar-refractivity contribution in [3.8, 4) is 0 Å². The van der Waals surface area contributed by atoms with Crippen LogP contribution in [0.3, 0.4) is 0 Å². The van der Waals surface area contributed by atoms with Gasteiger partial charge in [-0.1, -0.05) is 31.7 Å². The Labute approximate surface area is 165 Å². The van der Waals surface area contributed by atoms with Crippen LogP contribution in [0.4, 0.5) is 0 Å². The van der Waals surface area contributed by atoms with Crippen molar-refractivity contribution in [1.29, 1.82) is 0 Å². The summed E-state index contributed by atoms with van der Waals surface area (Å²) in [5, 5.41) is 0. The molecule has 1 aliphatic heterocycles. The van der Waals surface area contributed by atoms with Crippen LogP contribution in [0.2, 0.25) is 0 Å². The lowest BCUT2D eigenvalue weighted by molar-refractivity contribution is -0.122. The molecular formula is C24H36N2O. The van der Waals surface area contributed by atoms with Crippen LogP contribution < -0.4 is 0 Å². The average Bonchev–Trinajstić information content (AvgIpc) is 2.84. The summed E-state index contributed by atoms with van der Waals surface area (Å²) in [6, 6.07) is 4.64. The first kappa shape index (κ1) is 20.3. The van der Waals surface area contributed by atoms with E-state index < -0.39 is 0 Å². The van der Waals surface area contributed by atoms with E-state index in [0.717, 1.165) is 31.5 Å². The van der Waals surface area contributed by atoms with Gasteiger partial charge in [-0.15, -0.1) is 0 Å². The number of aliphatic imine (C=N–C) groups is 1. The van der Waals surface area contributed by atoms with Crippen LogP contribution in [0.15, 0.2) is 17.1 Å². The standard InChI is InChI=1S/C24H36N2O/c1-17-12-19-15-24(2,3)25-22(21(19)13-20(17)16-26(4)5)14-23(27)18-10-8-6-7-9-11-18/h12-13,18H,6-11,14-16H2,1-5H3. The fourth-order valence-corrected chi connectivity index (χ4v) is 4.72. The number of fused-ring (bicyclic) bond motifs is 1. The van der Waals surface area contributed by atoms with Crippen molar-refractivity contribution < 1.29 is 4.79 Å². The second-order valence-corrected chi connectivity index (χ2v) is 9.55. The maximum absolute atomic E-state index is 13.1. The third kappa shape index (κ3) is 5.07. The van der Waals surface area contributed by atoms with E-state index in [4.69, 9.17) is 4.99 Å². The molecule has 0 saturated heterocycles. The first-order valence-corrected chi connectivity index (χ1v) is 10.6. The summed E-state index contributed by atoms with van der Waals surface area (Å²) in [7, 11) is 4.21. The SMILES string of the molecule is Cc1cc2c(cc1CN(C)C)C(CC(=O)C1CCCCCC1)=NC(C)(C)C2. The van der Waals surface area contributed by atoms with Crippen LogP contribution in [0.1, 0.15) is 81.0 Å². The van der Waals surface area contributed by atoms with Crippen molar-refractivity contribution in [2.45, 2.75) is 84.2 Å². The summed E-state index contributed by atoms with van der Waals surface area (Å²) in [5.74, 6) is 0.657. The average molecular weight is 369 g/mol. The minimum atomic E-state index is -0.123. The molecule has 1 aromatic carbocycles. The van der Waals surface area contributed by atoms with Crippen LogP contribution in [0, 0.1) is 12.8 Å². The topological polar surface area (TPSA) is 32.7 Å². The lowest BCUT2D eigenvalue weighted by Gasteiger charge is -2.30. The number of carbonyl (C=O) groups is 1. The number of carbonyl (C=O) groups excluding carboxylic acids is 1. The first-order valence-electron chi connectivity index (χ1n) is 10.6. The molecule has 3 nitrogen and oxygen atoms in total. The second-order valence-electron chi connectivity index (χ2n) is 9.55. The molecule has 0 atom stereocenters. The highest BCUT2D eigenvalue weighted by Crippen LogP contribution is 2.32. The summed E-state index contributed by atoms with van der Waals surface area (Å²) in [6.07, 6.45) is 8.58. The molecule has 148 valence electrons. The number of rotatable bonds is 5. The highest BCUT2D eigenvalue weighted by Gasteiger charge is 2.30. The number of benzene rings is 1. The molecule has 1 heterocycles. The van der Waals surface area contributed by atoms with Gasteiger partial charge in [0.1, 0.15) is 5.78 Å². The molecule has 0 N–H and O–H groups in total. The Bertz CT molecular complexity index is 722. The van der Waals surface area contributed by atoms with E-state index in [-0.39, 0.29) is 11.5 Å². The molecule has 1 saturated carbocycles. The van der Waals surface area contributed by atoms with Crippen LogP contribution in [0.25, 0.3) is 0 Å². The van der Waals surface area contributed by atoms with E-state index in [0.29, 0.717) is 12.2 Å². The van der Waals surface area contributed by atoms with Crippen LogP contribution in [0.5, 0.6) is 0 Å². The zero-order chi connectivity index (χ0) is 19.6. The van der Waals surface area contributed by atoms with E-state index in [2.05, 4.69) is 51.9 Å². The summed E-state index contributed by atoms with van der Waals surface area (Å²) in [4.78, 5) is 20.3. The number of hydrogen-bond acceptors (Lipinski definition) is 3. The normalized spacial score (nSPS) is 20.1. The van der Waals surface area contributed by atoms with Gasteiger partial charge in [0.05, 0.1) is 11.3 Å². The quantitative estimate of drug-likeness (QED) is 0.677. The van der Waals surface area contributed by atoms with Crippen molar-refractivity contribution in [1.82, 2.24) is 4.90 Å². The predicted octanol–water partition coefficient (Wildman–Crippen LogP) is 5.11. The molecule has 1 aromatic rings. The van der Waals surface area contributed by atoms with E-state index in [1.807, 2.05) is 0 Å². The monoisotopic (exact) mass is 368 g/mol. The molecule has 0 amide bonds. The Balaban J connectivity index is 1.89. The van der Waals surface area contributed by atoms with Gasteiger partial charge in [-0.2, -0.15) is 0 Å². The zero-order valence-corrected chi connectivity index (χ0v) is 17.9. The Hall–Kier alpha value is -1.48. The zero-order valence-electron chi connectivity index (χ0n) is 17.9. The second kappa shape index (κ2) is 8.26. The van der Waals surface area contributed by atoms with Crippen molar-refractivity contribution in [2.24, 2.45) is 10.9 Å². The largest absolute Gasteiger partial charge is 0.305 e. The minimum Gasteiger partial charge on any atom is -0.305 e. The van der Waals surface area contributed by atoms with E-state index in [1.54, 1.807) is 0 Å². The third-order valence-corrected chi connectivity index (χ3v) is 6.07. The number of nitrogens with zero attached hydrogens (tertiary/aromatic N) is 2. The van der Waals surface area contributed by atoms with Gasteiger partial charge in [0.2, 0.25) is 0 Å². The smallest absolute Gasteiger partial charge is 0.141 e. The predicted molar refractivity (Wildman–Crippen MR) is 114 cm³/mol. The summed E-state index contributed by atoms with van der Waals surface area (Å²) in [5.41, 5.74) is 6.16. The number of Topliss-reactive ketones (excluding diaryl/α,β-unsaturated/α-hetero) is 1. The molecule has 1 aliphatic carbocycles. The fraction of sp³-hybridized carbons (Fsp3) is 0.667. The Morgan fingerprint density at radius 1 is 1.15 bits per heavy atom. The van der Waals surface area contributed by atoms with Gasteiger partial charge in [0, 0.05) is 18.9 Å². The van der Waals surface area contributed by atoms with Gasteiger partial charge in [-0.05, 0) is 82.4 Å². The molecule has 2 aliphatic rings. The van der Waals surface area contributed by atoms with Gasteiger partial charge >= 0.3 is 0 Å². The molecule has 0 spiro atoms. The minimum absolute atomic E-state index is 0.123. The number of ketones is 1. The van der Waals surface area contributed by atoms with E-state index >= 15 is 0 Å². The molecule has 27 heavy (non-hydrogen) atoms. The number of hydrogen-bond donors (Lipinski definition) is 0. The van der Waals surface area contributed by atoms with E-state index in [1.165, 1.54) is 47.9 Å². The maximum Gasteiger partial charge on any atom is 0.141 e. The molecular weight excluding hydrogens is 332 g/mol. The van der Waals surface area contributed by atoms with Crippen LogP contribution in [-0.4, -0.2) is 36.0 Å².